The average Bonchev–Trinajstić information content (AvgIpc) is 2.90. The van der Waals surface area contributed by atoms with E-state index in [2.05, 4.69) is 50.0 Å². The Morgan fingerprint density at radius 2 is 1.95 bits per heavy atom. The number of aliphatic carboxylic acids is 1. The topological polar surface area (TPSA) is 50.2 Å². The van der Waals surface area contributed by atoms with E-state index in [0.717, 1.165) is 34.0 Å². The monoisotopic (exact) mass is 315 g/mol. The minimum Gasteiger partial charge on any atom is -0.481 e. The van der Waals surface area contributed by atoms with Gasteiger partial charge in [-0.15, -0.1) is 11.3 Å². The molecule has 0 fully saturated rings. The Balaban J connectivity index is 1.95. The second-order valence-electron chi connectivity index (χ2n) is 6.94. The van der Waals surface area contributed by atoms with Crippen molar-refractivity contribution in [1.29, 1.82) is 0 Å². The molecule has 0 amide bonds. The van der Waals surface area contributed by atoms with Gasteiger partial charge in [0.1, 0.15) is 5.01 Å². The molecule has 1 atom stereocenters. The Morgan fingerprint density at radius 1 is 1.27 bits per heavy atom. The molecule has 0 saturated heterocycles. The summed E-state index contributed by atoms with van der Waals surface area (Å²) in [6, 6.07) is 8.48. The van der Waals surface area contributed by atoms with Gasteiger partial charge in [-0.05, 0) is 30.2 Å². The molecule has 116 valence electrons. The van der Waals surface area contributed by atoms with E-state index < -0.39 is 11.9 Å². The Hall–Kier alpha value is -1.68. The second-order valence-corrected chi connectivity index (χ2v) is 8.02. The summed E-state index contributed by atoms with van der Waals surface area (Å²) in [7, 11) is 0. The summed E-state index contributed by atoms with van der Waals surface area (Å²) >= 11 is 1.65. The molecule has 0 bridgehead atoms. The van der Waals surface area contributed by atoms with Crippen molar-refractivity contribution in [3.05, 3.63) is 40.4 Å². The number of carboxylic acids is 1. The van der Waals surface area contributed by atoms with Gasteiger partial charge >= 0.3 is 5.97 Å². The molecule has 22 heavy (non-hydrogen) atoms. The van der Waals surface area contributed by atoms with Crippen LogP contribution < -0.4 is 0 Å². The number of carbonyl (C=O) groups is 1. The van der Waals surface area contributed by atoms with Gasteiger partial charge in [-0.2, -0.15) is 0 Å². The van der Waals surface area contributed by atoms with Crippen molar-refractivity contribution in [2.75, 3.05) is 0 Å². The Bertz CT molecular complexity index is 695. The predicted molar refractivity (Wildman–Crippen MR) is 89.6 cm³/mol. The Kier molecular flexibility index (Phi) is 3.81. The van der Waals surface area contributed by atoms with Gasteiger partial charge in [0.2, 0.25) is 0 Å². The van der Waals surface area contributed by atoms with E-state index in [0.29, 0.717) is 6.42 Å². The molecule has 1 heterocycles. The third-order valence-corrected chi connectivity index (χ3v) is 5.43. The van der Waals surface area contributed by atoms with Gasteiger partial charge in [-0.3, -0.25) is 4.79 Å². The van der Waals surface area contributed by atoms with E-state index in [9.17, 15) is 9.90 Å². The van der Waals surface area contributed by atoms with Crippen molar-refractivity contribution in [3.8, 4) is 10.6 Å². The largest absolute Gasteiger partial charge is 0.481 e. The zero-order chi connectivity index (χ0) is 15.9. The van der Waals surface area contributed by atoms with Crippen LogP contribution in [0.2, 0.25) is 0 Å². The molecule has 0 radical (unpaired) electrons. The molecule has 1 aromatic carbocycles. The third-order valence-electron chi connectivity index (χ3n) is 4.25. The third kappa shape index (κ3) is 2.80. The van der Waals surface area contributed by atoms with E-state index in [4.69, 9.17) is 0 Å². The van der Waals surface area contributed by atoms with E-state index in [1.807, 2.05) is 0 Å². The predicted octanol–water partition coefficient (Wildman–Crippen LogP) is 4.61. The van der Waals surface area contributed by atoms with Gasteiger partial charge in [0.05, 0.1) is 11.6 Å². The molecular weight excluding hydrogens is 294 g/mol. The zero-order valence-corrected chi connectivity index (χ0v) is 14.0. The normalized spacial score (nSPS) is 18.0. The first-order valence-corrected chi connectivity index (χ1v) is 8.51. The van der Waals surface area contributed by atoms with Crippen LogP contribution in [0.25, 0.3) is 10.6 Å². The molecule has 1 aromatic heterocycles. The average molecular weight is 315 g/mol. The first-order chi connectivity index (χ1) is 10.4. The van der Waals surface area contributed by atoms with Crippen LogP contribution >= 0.6 is 11.3 Å². The summed E-state index contributed by atoms with van der Waals surface area (Å²) in [4.78, 5) is 17.2. The molecule has 1 unspecified atom stereocenters. The summed E-state index contributed by atoms with van der Waals surface area (Å²) < 4.78 is 0. The van der Waals surface area contributed by atoms with E-state index in [1.165, 1.54) is 5.56 Å². The molecule has 4 heteroatoms. The van der Waals surface area contributed by atoms with E-state index in [-0.39, 0.29) is 5.41 Å². The Labute approximate surface area is 135 Å². The number of carboxylic acid groups (broad SMARTS) is 1. The molecule has 1 aliphatic carbocycles. The molecule has 3 nitrogen and oxygen atoms in total. The minimum absolute atomic E-state index is 0.134. The number of aromatic nitrogens is 1. The fourth-order valence-electron chi connectivity index (χ4n) is 2.90. The number of fused-ring (bicyclic) bond motifs is 1. The highest BCUT2D eigenvalue weighted by Crippen LogP contribution is 2.38. The number of aryl methyl sites for hydroxylation is 1. The fourth-order valence-corrected chi connectivity index (χ4v) is 4.07. The van der Waals surface area contributed by atoms with E-state index in [1.54, 1.807) is 11.3 Å². The first kappa shape index (κ1) is 15.2. The van der Waals surface area contributed by atoms with Crippen LogP contribution in [0.3, 0.4) is 0 Å². The summed E-state index contributed by atoms with van der Waals surface area (Å²) in [5, 5.41) is 10.3. The lowest BCUT2D eigenvalue weighted by Crippen LogP contribution is -2.17. The number of thiazole rings is 1. The second kappa shape index (κ2) is 5.51. The van der Waals surface area contributed by atoms with Crippen molar-refractivity contribution in [2.24, 2.45) is 0 Å². The lowest BCUT2D eigenvalue weighted by atomic mass is 9.87. The Morgan fingerprint density at radius 3 is 2.55 bits per heavy atom. The molecule has 2 aromatic rings. The zero-order valence-electron chi connectivity index (χ0n) is 13.2. The summed E-state index contributed by atoms with van der Waals surface area (Å²) in [5.74, 6) is -1.18. The molecule has 3 rings (SSSR count). The van der Waals surface area contributed by atoms with Crippen LogP contribution in [0.15, 0.2) is 24.3 Å². The molecular formula is C18H21NO2S. The van der Waals surface area contributed by atoms with Crippen molar-refractivity contribution < 1.29 is 9.90 Å². The highest BCUT2D eigenvalue weighted by Gasteiger charge is 2.30. The molecule has 1 N–H and O–H groups in total. The van der Waals surface area contributed by atoms with Gasteiger partial charge in [0.15, 0.2) is 0 Å². The van der Waals surface area contributed by atoms with Crippen LogP contribution in [0, 0.1) is 0 Å². The summed E-state index contributed by atoms with van der Waals surface area (Å²) in [5.41, 5.74) is 3.30. The maximum atomic E-state index is 11.4. The number of hydrogen-bond donors (Lipinski definition) is 1. The van der Waals surface area contributed by atoms with Crippen molar-refractivity contribution >= 4 is 17.3 Å². The quantitative estimate of drug-likeness (QED) is 0.880. The molecule has 1 aliphatic rings. The number of nitrogens with zero attached hydrogens (tertiary/aromatic N) is 1. The van der Waals surface area contributed by atoms with Gasteiger partial charge in [0.25, 0.3) is 0 Å². The summed E-state index contributed by atoms with van der Waals surface area (Å²) in [6.45, 7) is 6.59. The standard InChI is InChI=1S/C18H21NO2S/c1-18(2,3)12-9-7-11(8-10-12)16-19-15-13(17(20)21)5-4-6-14(15)22-16/h7-10,13H,4-6H2,1-3H3,(H,20,21). The lowest BCUT2D eigenvalue weighted by molar-refractivity contribution is -0.139. The molecule has 0 aliphatic heterocycles. The number of hydrogen-bond acceptors (Lipinski definition) is 3. The van der Waals surface area contributed by atoms with Crippen LogP contribution in [0.4, 0.5) is 0 Å². The fraction of sp³-hybridized carbons (Fsp3) is 0.444. The van der Waals surface area contributed by atoms with Gasteiger partial charge in [-0.25, -0.2) is 4.98 Å². The highest BCUT2D eigenvalue weighted by molar-refractivity contribution is 7.15. The summed E-state index contributed by atoms with van der Waals surface area (Å²) in [6.07, 6.45) is 2.60. The SMILES string of the molecule is CC(C)(C)c1ccc(-c2nc3c(s2)CCCC3C(=O)O)cc1. The van der Waals surface area contributed by atoms with E-state index >= 15 is 0 Å². The van der Waals surface area contributed by atoms with Crippen LogP contribution in [-0.2, 0) is 16.6 Å². The maximum Gasteiger partial charge on any atom is 0.312 e. The first-order valence-electron chi connectivity index (χ1n) is 7.69. The molecule has 0 spiro atoms. The van der Waals surface area contributed by atoms with Crippen LogP contribution in [0.5, 0.6) is 0 Å². The molecule has 0 saturated carbocycles. The number of rotatable bonds is 2. The van der Waals surface area contributed by atoms with Crippen LogP contribution in [0.1, 0.15) is 55.7 Å². The van der Waals surface area contributed by atoms with Crippen molar-refractivity contribution in [1.82, 2.24) is 4.98 Å². The minimum atomic E-state index is -0.749. The van der Waals surface area contributed by atoms with Crippen molar-refractivity contribution in [2.45, 2.75) is 51.4 Å². The smallest absolute Gasteiger partial charge is 0.312 e. The van der Waals surface area contributed by atoms with Gasteiger partial charge < -0.3 is 5.11 Å². The highest BCUT2D eigenvalue weighted by atomic mass is 32.1. The van der Waals surface area contributed by atoms with Crippen molar-refractivity contribution in [3.63, 3.8) is 0 Å². The van der Waals surface area contributed by atoms with Gasteiger partial charge in [0, 0.05) is 10.4 Å². The van der Waals surface area contributed by atoms with Crippen LogP contribution in [-0.4, -0.2) is 16.1 Å². The number of benzene rings is 1. The maximum absolute atomic E-state index is 11.4. The lowest BCUT2D eigenvalue weighted by Gasteiger charge is -2.18. The van der Waals surface area contributed by atoms with Gasteiger partial charge in [-0.1, -0.05) is 45.0 Å².